The van der Waals surface area contributed by atoms with Crippen molar-refractivity contribution in [1.29, 1.82) is 0 Å². The number of hydrogen-bond acceptors (Lipinski definition) is 2. The van der Waals surface area contributed by atoms with Crippen LogP contribution in [0, 0.1) is 17.0 Å². The molecule has 0 aliphatic heterocycles. The molecule has 1 saturated carbocycles. The van der Waals surface area contributed by atoms with E-state index in [1.807, 2.05) is 0 Å². The quantitative estimate of drug-likeness (QED) is 0.834. The van der Waals surface area contributed by atoms with Crippen molar-refractivity contribution in [1.82, 2.24) is 0 Å². The molecule has 4 heteroatoms. The van der Waals surface area contributed by atoms with Gasteiger partial charge < -0.3 is 10.8 Å². The number of benzene rings is 1. The summed E-state index contributed by atoms with van der Waals surface area (Å²) >= 11 is 0. The fourth-order valence-electron chi connectivity index (χ4n) is 3.46. The first kappa shape index (κ1) is 15.4. The molecule has 1 fully saturated rings. The summed E-state index contributed by atoms with van der Waals surface area (Å²) in [5, 5.41) is 11.0. The Hall–Kier alpha value is -1.00. The maximum Gasteiger partial charge on any atom is 0.164 e. The lowest BCUT2D eigenvalue weighted by Crippen LogP contribution is -2.49. The third-order valence-electron chi connectivity index (χ3n) is 4.96. The summed E-state index contributed by atoms with van der Waals surface area (Å²) in [5.41, 5.74) is 3.92. The Kier molecular flexibility index (Phi) is 4.45. The highest BCUT2D eigenvalue weighted by Gasteiger charge is 2.48. The summed E-state index contributed by atoms with van der Waals surface area (Å²) in [4.78, 5) is 0. The highest BCUT2D eigenvalue weighted by Crippen LogP contribution is 2.49. The molecule has 1 unspecified atom stereocenters. The van der Waals surface area contributed by atoms with Crippen LogP contribution in [-0.4, -0.2) is 11.7 Å². The predicted octanol–water partition coefficient (Wildman–Crippen LogP) is 3.47. The molecule has 112 valence electrons. The van der Waals surface area contributed by atoms with Crippen LogP contribution in [0.3, 0.4) is 0 Å². The van der Waals surface area contributed by atoms with Crippen LogP contribution in [0.25, 0.3) is 0 Å². The highest BCUT2D eigenvalue weighted by molar-refractivity contribution is 5.28. The van der Waals surface area contributed by atoms with Gasteiger partial charge in [0.15, 0.2) is 11.6 Å². The largest absolute Gasteiger partial charge is 0.385 e. The molecule has 0 spiro atoms. The molecule has 0 saturated heterocycles. The van der Waals surface area contributed by atoms with Crippen molar-refractivity contribution in [3.8, 4) is 0 Å². The minimum Gasteiger partial charge on any atom is -0.385 e. The molecule has 0 aromatic heterocycles. The van der Waals surface area contributed by atoms with Crippen LogP contribution in [0.15, 0.2) is 18.2 Å². The van der Waals surface area contributed by atoms with Crippen molar-refractivity contribution in [2.45, 2.75) is 51.0 Å². The second-order valence-electron chi connectivity index (χ2n) is 6.07. The fraction of sp³-hybridized carbons (Fsp3) is 0.625. The van der Waals surface area contributed by atoms with Crippen LogP contribution in [0.5, 0.6) is 0 Å². The van der Waals surface area contributed by atoms with Gasteiger partial charge in [-0.1, -0.05) is 37.8 Å². The van der Waals surface area contributed by atoms with E-state index >= 15 is 0 Å². The summed E-state index contributed by atoms with van der Waals surface area (Å²) in [6, 6.07) is 3.96. The lowest BCUT2D eigenvalue weighted by atomic mass is 9.64. The molecule has 0 amide bonds. The maximum absolute atomic E-state index is 14.1. The summed E-state index contributed by atoms with van der Waals surface area (Å²) < 4.78 is 27.6. The van der Waals surface area contributed by atoms with E-state index < -0.39 is 22.7 Å². The van der Waals surface area contributed by atoms with Crippen LogP contribution < -0.4 is 5.73 Å². The van der Waals surface area contributed by atoms with Crippen LogP contribution in [-0.2, 0) is 5.60 Å². The Balaban J connectivity index is 2.47. The molecule has 2 nitrogen and oxygen atoms in total. The number of nitrogens with two attached hydrogens (primary N) is 1. The number of aliphatic hydroxyl groups is 1. The molecule has 2 rings (SSSR count). The monoisotopic (exact) mass is 283 g/mol. The first-order valence-corrected chi connectivity index (χ1v) is 7.31. The topological polar surface area (TPSA) is 46.2 Å². The second-order valence-corrected chi connectivity index (χ2v) is 6.07. The molecule has 1 aromatic rings. The van der Waals surface area contributed by atoms with Gasteiger partial charge in [0.05, 0.1) is 5.60 Å². The second kappa shape index (κ2) is 5.78. The summed E-state index contributed by atoms with van der Waals surface area (Å²) in [7, 11) is 0. The highest BCUT2D eigenvalue weighted by atomic mass is 19.2. The van der Waals surface area contributed by atoms with E-state index in [4.69, 9.17) is 5.73 Å². The SMILES string of the molecule is CC(O)(c1cccc(F)c1F)C1(CN)CCCCCC1. The molecule has 1 atom stereocenters. The van der Waals surface area contributed by atoms with E-state index in [-0.39, 0.29) is 12.1 Å². The lowest BCUT2D eigenvalue weighted by molar-refractivity contribution is -0.0840. The zero-order chi connectivity index (χ0) is 14.8. The zero-order valence-corrected chi connectivity index (χ0v) is 12.0. The van der Waals surface area contributed by atoms with Crippen molar-refractivity contribution in [2.24, 2.45) is 11.1 Å². The molecule has 1 aliphatic carbocycles. The van der Waals surface area contributed by atoms with Gasteiger partial charge in [0.25, 0.3) is 0 Å². The Labute approximate surface area is 119 Å². The summed E-state index contributed by atoms with van der Waals surface area (Å²) in [6.45, 7) is 1.85. The van der Waals surface area contributed by atoms with Gasteiger partial charge >= 0.3 is 0 Å². The average molecular weight is 283 g/mol. The standard InChI is InChI=1S/C16H23F2NO/c1-15(20,12-7-6-8-13(17)14(12)18)16(11-19)9-4-2-3-5-10-16/h6-8,20H,2-5,9-11,19H2,1H3. The van der Waals surface area contributed by atoms with Crippen LogP contribution in [0.1, 0.15) is 51.0 Å². The first-order chi connectivity index (χ1) is 9.44. The smallest absolute Gasteiger partial charge is 0.164 e. The van der Waals surface area contributed by atoms with E-state index in [9.17, 15) is 13.9 Å². The van der Waals surface area contributed by atoms with Crippen molar-refractivity contribution >= 4 is 0 Å². The van der Waals surface area contributed by atoms with Crippen LogP contribution >= 0.6 is 0 Å². The van der Waals surface area contributed by atoms with E-state index in [0.29, 0.717) is 0 Å². The van der Waals surface area contributed by atoms with Gasteiger partial charge in [0.2, 0.25) is 0 Å². The molecule has 3 N–H and O–H groups in total. The fourth-order valence-corrected chi connectivity index (χ4v) is 3.46. The van der Waals surface area contributed by atoms with E-state index in [1.54, 1.807) is 6.92 Å². The van der Waals surface area contributed by atoms with Gasteiger partial charge in [-0.3, -0.25) is 0 Å². The molecule has 1 aromatic carbocycles. The Bertz CT molecular complexity index is 466. The van der Waals surface area contributed by atoms with Gasteiger partial charge in [0.1, 0.15) is 0 Å². The van der Waals surface area contributed by atoms with E-state index in [0.717, 1.165) is 44.6 Å². The molecule has 0 bridgehead atoms. The van der Waals surface area contributed by atoms with Crippen LogP contribution in [0.2, 0.25) is 0 Å². The third-order valence-corrected chi connectivity index (χ3v) is 4.96. The van der Waals surface area contributed by atoms with Crippen molar-refractivity contribution < 1.29 is 13.9 Å². The predicted molar refractivity (Wildman–Crippen MR) is 75.1 cm³/mol. The lowest BCUT2D eigenvalue weighted by Gasteiger charge is -2.45. The molecule has 1 aliphatic rings. The van der Waals surface area contributed by atoms with E-state index in [2.05, 4.69) is 0 Å². The molecule has 0 radical (unpaired) electrons. The minimum atomic E-state index is -1.46. The minimum absolute atomic E-state index is 0.0184. The van der Waals surface area contributed by atoms with Gasteiger partial charge in [-0.15, -0.1) is 0 Å². The third kappa shape index (κ3) is 2.47. The maximum atomic E-state index is 14.1. The Morgan fingerprint density at radius 1 is 1.20 bits per heavy atom. The summed E-state index contributed by atoms with van der Waals surface area (Å²) in [5.74, 6) is -1.89. The van der Waals surface area contributed by atoms with Gasteiger partial charge in [-0.05, 0) is 25.8 Å². The van der Waals surface area contributed by atoms with Gasteiger partial charge in [-0.2, -0.15) is 0 Å². The number of rotatable bonds is 3. The van der Waals surface area contributed by atoms with Crippen LogP contribution in [0.4, 0.5) is 8.78 Å². The molecule has 20 heavy (non-hydrogen) atoms. The van der Waals surface area contributed by atoms with Crippen molar-refractivity contribution in [3.63, 3.8) is 0 Å². The zero-order valence-electron chi connectivity index (χ0n) is 12.0. The Morgan fingerprint density at radius 2 is 1.80 bits per heavy atom. The molecular formula is C16H23F2NO. The molecule has 0 heterocycles. The Morgan fingerprint density at radius 3 is 2.35 bits per heavy atom. The van der Waals surface area contributed by atoms with Gasteiger partial charge in [0, 0.05) is 17.5 Å². The first-order valence-electron chi connectivity index (χ1n) is 7.31. The average Bonchev–Trinajstić information content (AvgIpc) is 2.68. The van der Waals surface area contributed by atoms with Crippen molar-refractivity contribution in [2.75, 3.05) is 6.54 Å². The van der Waals surface area contributed by atoms with E-state index in [1.165, 1.54) is 12.1 Å². The number of hydrogen-bond donors (Lipinski definition) is 2. The molecular weight excluding hydrogens is 260 g/mol. The number of halogens is 2. The van der Waals surface area contributed by atoms with Crippen molar-refractivity contribution in [3.05, 3.63) is 35.4 Å². The summed E-state index contributed by atoms with van der Waals surface area (Å²) in [6.07, 6.45) is 5.61. The van der Waals surface area contributed by atoms with Gasteiger partial charge in [-0.25, -0.2) is 8.78 Å². The normalized spacial score (nSPS) is 22.1.